The van der Waals surface area contributed by atoms with E-state index in [1.54, 1.807) is 6.07 Å². The molecule has 6 nitrogen and oxygen atoms in total. The fourth-order valence-electron chi connectivity index (χ4n) is 1.44. The van der Waals surface area contributed by atoms with Gasteiger partial charge >= 0.3 is 5.97 Å². The number of nitrogens with one attached hydrogen (secondary N) is 2. The number of thioether (sulfide) groups is 1. The zero-order valence-electron chi connectivity index (χ0n) is 11.3. The van der Waals surface area contributed by atoms with Crippen LogP contribution in [0.4, 0.5) is 5.69 Å². The lowest BCUT2D eigenvalue weighted by Crippen LogP contribution is -2.41. The van der Waals surface area contributed by atoms with Crippen LogP contribution in [0.5, 0.6) is 0 Å². The number of rotatable bonds is 7. The molecule has 0 unspecified atom stereocenters. The number of anilines is 1. The van der Waals surface area contributed by atoms with Crippen LogP contribution in [-0.2, 0) is 14.4 Å². The maximum absolute atomic E-state index is 11.8. The van der Waals surface area contributed by atoms with Crippen LogP contribution in [0, 0.1) is 3.57 Å². The summed E-state index contributed by atoms with van der Waals surface area (Å²) in [7, 11) is 0. The quantitative estimate of drug-likeness (QED) is 0.580. The van der Waals surface area contributed by atoms with Gasteiger partial charge in [0.05, 0.1) is 11.4 Å². The van der Waals surface area contributed by atoms with Crippen LogP contribution >= 0.6 is 34.4 Å². The minimum Gasteiger partial charge on any atom is -0.480 e. The van der Waals surface area contributed by atoms with Crippen molar-refractivity contribution in [1.82, 2.24) is 5.32 Å². The number of carboxylic acids is 1. The van der Waals surface area contributed by atoms with E-state index in [1.807, 2.05) is 18.2 Å². The molecule has 0 saturated heterocycles. The molecule has 21 heavy (non-hydrogen) atoms. The van der Waals surface area contributed by atoms with Gasteiger partial charge in [-0.15, -0.1) is 11.8 Å². The molecule has 2 amide bonds. The number of carbonyl (C=O) groups excluding carboxylic acids is 2. The Bertz CT molecular complexity index is 539. The maximum Gasteiger partial charge on any atom is 0.327 e. The van der Waals surface area contributed by atoms with Crippen LogP contribution in [0.2, 0.25) is 0 Å². The van der Waals surface area contributed by atoms with Crippen molar-refractivity contribution in [3.05, 3.63) is 27.8 Å². The Morgan fingerprint density at radius 3 is 2.57 bits per heavy atom. The summed E-state index contributed by atoms with van der Waals surface area (Å²) in [5, 5.41) is 14.0. The third-order valence-corrected chi connectivity index (χ3v) is 4.32. The second kappa shape index (κ2) is 8.88. The SMILES string of the molecule is CC(=O)N[C@@H](CSCC(=O)Nc1ccccc1I)C(=O)O. The number of benzene rings is 1. The molecule has 1 aromatic rings. The zero-order valence-corrected chi connectivity index (χ0v) is 14.2. The minimum absolute atomic E-state index is 0.119. The molecule has 1 aromatic carbocycles. The molecule has 0 aliphatic rings. The van der Waals surface area contributed by atoms with Crippen LogP contribution in [0.1, 0.15) is 6.92 Å². The van der Waals surface area contributed by atoms with E-state index in [-0.39, 0.29) is 17.4 Å². The Hall–Kier alpha value is -1.29. The Kier molecular flexibility index (Phi) is 7.51. The van der Waals surface area contributed by atoms with E-state index in [1.165, 1.54) is 6.92 Å². The standard InChI is InChI=1S/C13H15IN2O4S/c1-8(17)15-11(13(19)20)6-21-7-12(18)16-10-5-3-2-4-9(10)14/h2-5,11H,6-7H2,1H3,(H,15,17)(H,16,18)(H,19,20)/t11-/m0/s1. The average molecular weight is 422 g/mol. The third-order valence-electron chi connectivity index (χ3n) is 2.34. The van der Waals surface area contributed by atoms with Gasteiger partial charge in [-0.25, -0.2) is 4.79 Å². The normalized spacial score (nSPS) is 11.5. The van der Waals surface area contributed by atoms with E-state index in [2.05, 4.69) is 33.2 Å². The van der Waals surface area contributed by atoms with Gasteiger partial charge in [-0.2, -0.15) is 0 Å². The molecular formula is C13H15IN2O4S. The number of aliphatic carboxylic acids is 1. The average Bonchev–Trinajstić information content (AvgIpc) is 2.39. The van der Waals surface area contributed by atoms with E-state index >= 15 is 0 Å². The summed E-state index contributed by atoms with van der Waals surface area (Å²) < 4.78 is 0.926. The Morgan fingerprint density at radius 2 is 2.00 bits per heavy atom. The number of carbonyl (C=O) groups is 3. The van der Waals surface area contributed by atoms with Crippen LogP contribution in [0.25, 0.3) is 0 Å². The monoisotopic (exact) mass is 422 g/mol. The van der Waals surface area contributed by atoms with E-state index in [0.717, 1.165) is 21.0 Å². The molecule has 8 heteroatoms. The summed E-state index contributed by atoms with van der Waals surface area (Å²) in [4.78, 5) is 33.6. The third kappa shape index (κ3) is 6.80. The van der Waals surface area contributed by atoms with Crippen molar-refractivity contribution in [1.29, 1.82) is 0 Å². The molecule has 0 heterocycles. The molecular weight excluding hydrogens is 407 g/mol. The lowest BCUT2D eigenvalue weighted by atomic mass is 10.3. The van der Waals surface area contributed by atoms with Crippen molar-refractivity contribution in [2.45, 2.75) is 13.0 Å². The molecule has 3 N–H and O–H groups in total. The second-order valence-corrected chi connectivity index (χ2v) is 6.33. The van der Waals surface area contributed by atoms with E-state index in [0.29, 0.717) is 0 Å². The first kappa shape index (κ1) is 17.8. The zero-order chi connectivity index (χ0) is 15.8. The van der Waals surface area contributed by atoms with Crippen molar-refractivity contribution in [3.63, 3.8) is 0 Å². The smallest absolute Gasteiger partial charge is 0.327 e. The van der Waals surface area contributed by atoms with Gasteiger partial charge in [-0.3, -0.25) is 9.59 Å². The van der Waals surface area contributed by atoms with Crippen LogP contribution in [0.3, 0.4) is 0 Å². The summed E-state index contributed by atoms with van der Waals surface area (Å²) in [5.41, 5.74) is 0.723. The van der Waals surface area contributed by atoms with Gasteiger partial charge in [0.1, 0.15) is 6.04 Å². The van der Waals surface area contributed by atoms with E-state index in [4.69, 9.17) is 5.11 Å². The highest BCUT2D eigenvalue weighted by molar-refractivity contribution is 14.1. The van der Waals surface area contributed by atoms with Crippen molar-refractivity contribution < 1.29 is 19.5 Å². The summed E-state index contributed by atoms with van der Waals surface area (Å²) >= 11 is 3.27. The molecule has 0 aliphatic heterocycles. The lowest BCUT2D eigenvalue weighted by molar-refractivity contribution is -0.140. The second-order valence-electron chi connectivity index (χ2n) is 4.13. The molecule has 0 fully saturated rings. The largest absolute Gasteiger partial charge is 0.480 e. The van der Waals surface area contributed by atoms with Crippen LogP contribution in [0.15, 0.2) is 24.3 Å². The Labute approximate surface area is 140 Å². The number of hydrogen-bond donors (Lipinski definition) is 3. The number of hydrogen-bond acceptors (Lipinski definition) is 4. The van der Waals surface area contributed by atoms with E-state index in [9.17, 15) is 14.4 Å². The molecule has 0 radical (unpaired) electrons. The van der Waals surface area contributed by atoms with Gasteiger partial charge in [-0.05, 0) is 34.7 Å². The first-order valence-electron chi connectivity index (χ1n) is 6.02. The van der Waals surface area contributed by atoms with Crippen molar-refractivity contribution in [2.24, 2.45) is 0 Å². The summed E-state index contributed by atoms with van der Waals surface area (Å²) in [5.74, 6) is -1.49. The summed E-state index contributed by atoms with van der Waals surface area (Å²) in [6, 6.07) is 6.37. The predicted octanol–water partition coefficient (Wildman–Crippen LogP) is 1.55. The van der Waals surface area contributed by atoms with Gasteiger partial charge in [0, 0.05) is 16.2 Å². The first-order chi connectivity index (χ1) is 9.90. The highest BCUT2D eigenvalue weighted by Crippen LogP contribution is 2.17. The Morgan fingerprint density at radius 1 is 1.33 bits per heavy atom. The van der Waals surface area contributed by atoms with Crippen molar-refractivity contribution >= 4 is 57.8 Å². The fourth-order valence-corrected chi connectivity index (χ4v) is 2.80. The fraction of sp³-hybridized carbons (Fsp3) is 0.308. The highest BCUT2D eigenvalue weighted by Gasteiger charge is 2.18. The van der Waals surface area contributed by atoms with E-state index < -0.39 is 17.9 Å². The summed E-state index contributed by atoms with van der Waals surface area (Å²) in [6.07, 6.45) is 0. The van der Waals surface area contributed by atoms with Gasteiger partial charge in [0.2, 0.25) is 11.8 Å². The number of halogens is 1. The van der Waals surface area contributed by atoms with Crippen LogP contribution < -0.4 is 10.6 Å². The van der Waals surface area contributed by atoms with Gasteiger partial charge in [-0.1, -0.05) is 12.1 Å². The number of amides is 2. The van der Waals surface area contributed by atoms with Crippen LogP contribution in [-0.4, -0.2) is 40.4 Å². The molecule has 114 valence electrons. The van der Waals surface area contributed by atoms with Gasteiger partial charge in [0.25, 0.3) is 0 Å². The highest BCUT2D eigenvalue weighted by atomic mass is 127. The number of carboxylic acid groups (broad SMARTS) is 1. The van der Waals surface area contributed by atoms with Gasteiger partial charge < -0.3 is 15.7 Å². The molecule has 0 spiro atoms. The first-order valence-corrected chi connectivity index (χ1v) is 8.25. The molecule has 1 rings (SSSR count). The van der Waals surface area contributed by atoms with Crippen molar-refractivity contribution in [3.8, 4) is 0 Å². The predicted molar refractivity (Wildman–Crippen MR) is 90.4 cm³/mol. The van der Waals surface area contributed by atoms with Gasteiger partial charge in [0.15, 0.2) is 0 Å². The molecule has 0 bridgehead atoms. The topological polar surface area (TPSA) is 95.5 Å². The molecule has 1 atom stereocenters. The summed E-state index contributed by atoms with van der Waals surface area (Å²) in [6.45, 7) is 1.25. The molecule has 0 saturated carbocycles. The molecule has 0 aromatic heterocycles. The molecule has 0 aliphatic carbocycles. The minimum atomic E-state index is -1.12. The maximum atomic E-state index is 11.8. The van der Waals surface area contributed by atoms with Crippen molar-refractivity contribution in [2.75, 3.05) is 16.8 Å². The number of para-hydroxylation sites is 1. The Balaban J connectivity index is 2.41. The lowest BCUT2D eigenvalue weighted by Gasteiger charge is -2.12.